The van der Waals surface area contributed by atoms with E-state index < -0.39 is 0 Å². The molecule has 23 heavy (non-hydrogen) atoms. The van der Waals surface area contributed by atoms with Crippen molar-refractivity contribution >= 4 is 28.4 Å². The standard InChI is InChI=1S/C18H15NO3S/c20-13-7-3-1-5-11(13)17-15-16(19-9-10-23-17)12-6-2-4-8-14(12)22-18(15)21/h1-8,17,19-20H,9-10H2. The molecule has 0 amide bonds. The van der Waals surface area contributed by atoms with E-state index in [1.165, 1.54) is 0 Å². The van der Waals surface area contributed by atoms with Gasteiger partial charge < -0.3 is 14.8 Å². The number of para-hydroxylation sites is 2. The molecule has 4 nitrogen and oxygen atoms in total. The first-order valence-electron chi connectivity index (χ1n) is 7.45. The third kappa shape index (κ3) is 2.37. The van der Waals surface area contributed by atoms with Gasteiger partial charge in [-0.1, -0.05) is 30.3 Å². The molecule has 0 saturated heterocycles. The van der Waals surface area contributed by atoms with Crippen LogP contribution in [0.3, 0.4) is 0 Å². The number of benzene rings is 2. The number of aromatic hydroxyl groups is 1. The van der Waals surface area contributed by atoms with E-state index in [2.05, 4.69) is 5.32 Å². The monoisotopic (exact) mass is 325 g/mol. The van der Waals surface area contributed by atoms with E-state index in [0.29, 0.717) is 11.1 Å². The molecule has 4 rings (SSSR count). The number of anilines is 1. The van der Waals surface area contributed by atoms with Crippen molar-refractivity contribution in [1.82, 2.24) is 0 Å². The summed E-state index contributed by atoms with van der Waals surface area (Å²) in [5.74, 6) is 1.03. The van der Waals surface area contributed by atoms with Crippen LogP contribution in [0.15, 0.2) is 57.7 Å². The first kappa shape index (κ1) is 14.2. The number of phenols is 1. The van der Waals surface area contributed by atoms with Crippen LogP contribution in [0, 0.1) is 0 Å². The first-order chi connectivity index (χ1) is 11.3. The van der Waals surface area contributed by atoms with Crippen LogP contribution in [0.25, 0.3) is 11.0 Å². The van der Waals surface area contributed by atoms with Crippen molar-refractivity contribution < 1.29 is 9.52 Å². The van der Waals surface area contributed by atoms with Crippen LogP contribution in [0.2, 0.25) is 0 Å². The molecular formula is C18H15NO3S. The highest BCUT2D eigenvalue weighted by molar-refractivity contribution is 7.99. The van der Waals surface area contributed by atoms with Crippen molar-refractivity contribution in [2.24, 2.45) is 0 Å². The number of nitrogens with one attached hydrogen (secondary N) is 1. The lowest BCUT2D eigenvalue weighted by atomic mass is 10.0. The van der Waals surface area contributed by atoms with Gasteiger partial charge in [0.2, 0.25) is 0 Å². The summed E-state index contributed by atoms with van der Waals surface area (Å²) in [7, 11) is 0. The van der Waals surface area contributed by atoms with Gasteiger partial charge in [0.05, 0.1) is 16.5 Å². The molecule has 1 aliphatic heterocycles. The Hall–Kier alpha value is -2.40. The lowest BCUT2D eigenvalue weighted by molar-refractivity contribution is 0.468. The van der Waals surface area contributed by atoms with Gasteiger partial charge in [-0.3, -0.25) is 0 Å². The molecule has 1 atom stereocenters. The minimum Gasteiger partial charge on any atom is -0.508 e. The predicted octanol–water partition coefficient (Wildman–Crippen LogP) is 3.75. The van der Waals surface area contributed by atoms with Crippen LogP contribution >= 0.6 is 11.8 Å². The summed E-state index contributed by atoms with van der Waals surface area (Å²) >= 11 is 1.63. The number of fused-ring (bicyclic) bond motifs is 3. The van der Waals surface area contributed by atoms with Gasteiger partial charge in [0.15, 0.2) is 0 Å². The molecule has 1 unspecified atom stereocenters. The maximum absolute atomic E-state index is 12.6. The van der Waals surface area contributed by atoms with Crippen LogP contribution in [0.1, 0.15) is 16.4 Å². The lowest BCUT2D eigenvalue weighted by Gasteiger charge is -2.17. The molecule has 0 spiro atoms. The van der Waals surface area contributed by atoms with E-state index in [9.17, 15) is 9.90 Å². The van der Waals surface area contributed by atoms with Gasteiger partial charge in [0.25, 0.3) is 0 Å². The number of hydrogen-bond donors (Lipinski definition) is 2. The predicted molar refractivity (Wildman–Crippen MR) is 93.4 cm³/mol. The topological polar surface area (TPSA) is 62.5 Å². The summed E-state index contributed by atoms with van der Waals surface area (Å²) in [6, 6.07) is 14.7. The van der Waals surface area contributed by atoms with Crippen molar-refractivity contribution in [3.8, 4) is 5.75 Å². The van der Waals surface area contributed by atoms with E-state index in [4.69, 9.17) is 4.42 Å². The molecule has 2 heterocycles. The molecule has 0 fully saturated rings. The molecule has 2 N–H and O–H groups in total. The van der Waals surface area contributed by atoms with Crippen molar-refractivity contribution in [3.05, 3.63) is 70.1 Å². The second-order valence-corrected chi connectivity index (χ2v) is 6.62. The third-order valence-electron chi connectivity index (χ3n) is 4.02. The summed E-state index contributed by atoms with van der Waals surface area (Å²) in [4.78, 5) is 12.6. The Morgan fingerprint density at radius 2 is 1.91 bits per heavy atom. The second-order valence-electron chi connectivity index (χ2n) is 5.41. The van der Waals surface area contributed by atoms with E-state index in [1.807, 2.05) is 30.3 Å². The van der Waals surface area contributed by atoms with Gasteiger partial charge in [-0.2, -0.15) is 0 Å². The Labute approximate surface area is 137 Å². The summed E-state index contributed by atoms with van der Waals surface area (Å²) in [6.07, 6.45) is 0. The van der Waals surface area contributed by atoms with Crippen molar-refractivity contribution in [3.63, 3.8) is 0 Å². The summed E-state index contributed by atoms with van der Waals surface area (Å²) in [5.41, 5.74) is 2.35. The van der Waals surface area contributed by atoms with Gasteiger partial charge in [-0.15, -0.1) is 11.8 Å². The highest BCUT2D eigenvalue weighted by Gasteiger charge is 2.28. The highest BCUT2D eigenvalue weighted by Crippen LogP contribution is 2.44. The Morgan fingerprint density at radius 1 is 1.13 bits per heavy atom. The number of hydrogen-bond acceptors (Lipinski definition) is 5. The molecule has 2 aromatic carbocycles. The zero-order chi connectivity index (χ0) is 15.8. The number of thioether (sulfide) groups is 1. The molecule has 0 radical (unpaired) electrons. The zero-order valence-corrected chi connectivity index (χ0v) is 13.1. The maximum Gasteiger partial charge on any atom is 0.343 e. The molecule has 0 aliphatic carbocycles. The summed E-state index contributed by atoms with van der Waals surface area (Å²) in [6.45, 7) is 0.759. The Morgan fingerprint density at radius 3 is 2.78 bits per heavy atom. The fourth-order valence-corrected chi connectivity index (χ4v) is 4.20. The Balaban J connectivity index is 2.02. The first-order valence-corrected chi connectivity index (χ1v) is 8.49. The quantitative estimate of drug-likeness (QED) is 0.667. The highest BCUT2D eigenvalue weighted by atomic mass is 32.2. The molecule has 1 aromatic heterocycles. The van der Waals surface area contributed by atoms with E-state index in [1.54, 1.807) is 30.0 Å². The number of rotatable bonds is 1. The van der Waals surface area contributed by atoms with Crippen LogP contribution in [0.4, 0.5) is 5.69 Å². The van der Waals surface area contributed by atoms with Crippen molar-refractivity contribution in [2.45, 2.75) is 5.25 Å². The lowest BCUT2D eigenvalue weighted by Crippen LogP contribution is -2.14. The van der Waals surface area contributed by atoms with Gasteiger partial charge in [-0.05, 0) is 18.2 Å². The van der Waals surface area contributed by atoms with E-state index >= 15 is 0 Å². The van der Waals surface area contributed by atoms with Crippen LogP contribution in [0.5, 0.6) is 5.75 Å². The Kier molecular flexibility index (Phi) is 3.50. The average Bonchev–Trinajstić information content (AvgIpc) is 2.79. The van der Waals surface area contributed by atoms with Crippen LogP contribution < -0.4 is 10.9 Å². The molecule has 1 aliphatic rings. The van der Waals surface area contributed by atoms with Crippen LogP contribution in [-0.2, 0) is 0 Å². The smallest absolute Gasteiger partial charge is 0.343 e. The fraction of sp³-hybridized carbons (Fsp3) is 0.167. The van der Waals surface area contributed by atoms with Gasteiger partial charge in [-0.25, -0.2) is 4.79 Å². The van der Waals surface area contributed by atoms with Crippen molar-refractivity contribution in [1.29, 1.82) is 0 Å². The average molecular weight is 325 g/mol. The summed E-state index contributed by atoms with van der Waals surface area (Å²) < 4.78 is 5.52. The number of phenolic OH excluding ortho intramolecular Hbond substituents is 1. The normalized spacial score (nSPS) is 17.3. The van der Waals surface area contributed by atoms with E-state index in [0.717, 1.165) is 28.9 Å². The minimum absolute atomic E-state index is 0.199. The van der Waals surface area contributed by atoms with Gasteiger partial charge in [0, 0.05) is 23.2 Å². The minimum atomic E-state index is -0.353. The van der Waals surface area contributed by atoms with Crippen LogP contribution in [-0.4, -0.2) is 17.4 Å². The summed E-state index contributed by atoms with van der Waals surface area (Å²) in [5, 5.41) is 14.2. The molecule has 0 bridgehead atoms. The molecule has 0 saturated carbocycles. The zero-order valence-electron chi connectivity index (χ0n) is 12.3. The SMILES string of the molecule is O=c1oc2ccccc2c2c1C(c1ccccc1O)SCCN2. The second kappa shape index (κ2) is 5.66. The van der Waals surface area contributed by atoms with Gasteiger partial charge in [0.1, 0.15) is 11.3 Å². The van der Waals surface area contributed by atoms with E-state index in [-0.39, 0.29) is 16.6 Å². The third-order valence-corrected chi connectivity index (χ3v) is 5.28. The largest absolute Gasteiger partial charge is 0.508 e. The molecule has 3 aromatic rings. The Bertz CT molecular complexity index is 935. The molecule has 116 valence electrons. The molecule has 5 heteroatoms. The van der Waals surface area contributed by atoms with Crippen molar-refractivity contribution in [2.75, 3.05) is 17.6 Å². The maximum atomic E-state index is 12.6. The molecular weight excluding hydrogens is 310 g/mol. The van der Waals surface area contributed by atoms with Gasteiger partial charge >= 0.3 is 5.63 Å². The fourth-order valence-electron chi connectivity index (χ4n) is 2.98.